The first-order chi connectivity index (χ1) is 9.11. The van der Waals surface area contributed by atoms with Gasteiger partial charge in [-0.1, -0.05) is 6.07 Å². The molecule has 1 aromatic carbocycles. The molecule has 100 valence electrons. The van der Waals surface area contributed by atoms with E-state index in [1.165, 1.54) is 18.4 Å². The van der Waals surface area contributed by atoms with Crippen LogP contribution in [0.25, 0.3) is 0 Å². The first-order valence-electron chi connectivity index (χ1n) is 5.73. The number of benzene rings is 1. The van der Waals surface area contributed by atoms with Gasteiger partial charge in [-0.15, -0.1) is 11.3 Å². The number of nitrogens with one attached hydrogen (secondary N) is 1. The van der Waals surface area contributed by atoms with Crippen LogP contribution in [0.3, 0.4) is 0 Å². The molecule has 6 heteroatoms. The molecule has 0 radical (unpaired) electrons. The zero-order valence-corrected chi connectivity index (χ0v) is 11.6. The first-order valence-corrected chi connectivity index (χ1v) is 6.61. The van der Waals surface area contributed by atoms with Crippen LogP contribution in [0.2, 0.25) is 0 Å². The summed E-state index contributed by atoms with van der Waals surface area (Å²) in [4.78, 5) is 16.4. The second kappa shape index (κ2) is 5.71. The van der Waals surface area contributed by atoms with Gasteiger partial charge in [0, 0.05) is 16.8 Å². The smallest absolute Gasteiger partial charge is 0.257 e. The summed E-state index contributed by atoms with van der Waals surface area (Å²) >= 11 is 1.51. The molecule has 0 fully saturated rings. The third-order valence-electron chi connectivity index (χ3n) is 2.57. The van der Waals surface area contributed by atoms with Gasteiger partial charge in [0.2, 0.25) is 0 Å². The normalized spacial score (nSPS) is 10.2. The molecule has 2 rings (SSSR count). The zero-order chi connectivity index (χ0) is 13.8. The summed E-state index contributed by atoms with van der Waals surface area (Å²) < 4.78 is 5.15. The molecule has 5 nitrogen and oxygen atoms in total. The second-order valence-electron chi connectivity index (χ2n) is 3.99. The maximum absolute atomic E-state index is 12.1. The monoisotopic (exact) mass is 277 g/mol. The van der Waals surface area contributed by atoms with Crippen LogP contribution in [0.1, 0.15) is 21.1 Å². The van der Waals surface area contributed by atoms with Crippen LogP contribution >= 0.6 is 11.3 Å². The topological polar surface area (TPSA) is 77.2 Å². The number of ether oxygens (including phenoxy) is 1. The molecule has 0 aliphatic rings. The Hall–Kier alpha value is -2.08. The Bertz CT molecular complexity index is 595. The average molecular weight is 277 g/mol. The first kappa shape index (κ1) is 13.4. The van der Waals surface area contributed by atoms with Gasteiger partial charge in [0.25, 0.3) is 5.91 Å². The predicted molar refractivity (Wildman–Crippen MR) is 75.4 cm³/mol. The summed E-state index contributed by atoms with van der Waals surface area (Å²) in [6, 6.07) is 5.12. The molecule has 1 amide bonds. The van der Waals surface area contributed by atoms with E-state index in [1.54, 1.807) is 18.2 Å². The van der Waals surface area contributed by atoms with Crippen LogP contribution in [0.4, 0.5) is 5.69 Å². The third-order valence-corrected chi connectivity index (χ3v) is 3.54. The van der Waals surface area contributed by atoms with E-state index in [4.69, 9.17) is 10.5 Å². The van der Waals surface area contributed by atoms with Crippen LogP contribution in [0, 0.1) is 6.92 Å². The van der Waals surface area contributed by atoms with E-state index in [0.29, 0.717) is 23.5 Å². The summed E-state index contributed by atoms with van der Waals surface area (Å²) in [6.07, 6.45) is 0. The molecule has 0 saturated carbocycles. The number of carbonyl (C=O) groups excluding carboxylic acids is 1. The molecule has 0 spiro atoms. The van der Waals surface area contributed by atoms with Crippen molar-refractivity contribution in [3.63, 3.8) is 0 Å². The molecule has 0 saturated heterocycles. The van der Waals surface area contributed by atoms with Gasteiger partial charge in [0.05, 0.1) is 13.7 Å². The lowest BCUT2D eigenvalue weighted by atomic mass is 10.1. The Morgan fingerprint density at radius 3 is 2.95 bits per heavy atom. The van der Waals surface area contributed by atoms with Crippen molar-refractivity contribution in [3.05, 3.63) is 39.8 Å². The number of nitrogens with two attached hydrogens (primary N) is 1. The Kier molecular flexibility index (Phi) is 4.01. The van der Waals surface area contributed by atoms with Crippen LogP contribution < -0.4 is 15.8 Å². The van der Waals surface area contributed by atoms with Crippen molar-refractivity contribution < 1.29 is 9.53 Å². The standard InChI is InChI=1S/C13H15N3O2S/c1-8-7-19-11(16-8)6-15-13(17)12-9(14)4-3-5-10(12)18-2/h3-5,7H,6,14H2,1-2H3,(H,15,17). The van der Waals surface area contributed by atoms with Gasteiger partial charge in [-0.05, 0) is 19.1 Å². The van der Waals surface area contributed by atoms with E-state index in [0.717, 1.165) is 10.7 Å². The number of hydrogen-bond donors (Lipinski definition) is 2. The third kappa shape index (κ3) is 3.03. The Morgan fingerprint density at radius 1 is 1.53 bits per heavy atom. The van der Waals surface area contributed by atoms with Gasteiger partial charge in [0.15, 0.2) is 0 Å². The summed E-state index contributed by atoms with van der Waals surface area (Å²) in [5.74, 6) is 0.204. The van der Waals surface area contributed by atoms with Gasteiger partial charge in [-0.3, -0.25) is 4.79 Å². The van der Waals surface area contributed by atoms with E-state index in [2.05, 4.69) is 10.3 Å². The quantitative estimate of drug-likeness (QED) is 0.838. The summed E-state index contributed by atoms with van der Waals surface area (Å²) in [7, 11) is 1.51. The molecule has 0 bridgehead atoms. The van der Waals surface area contributed by atoms with Gasteiger partial charge in [0.1, 0.15) is 16.3 Å². The Balaban J connectivity index is 2.12. The number of nitrogen functional groups attached to an aromatic ring is 1. The lowest BCUT2D eigenvalue weighted by molar-refractivity contribution is 0.0949. The maximum Gasteiger partial charge on any atom is 0.257 e. The molecule has 0 aliphatic carbocycles. The Labute approximate surface area is 115 Å². The van der Waals surface area contributed by atoms with Gasteiger partial charge in [-0.25, -0.2) is 4.98 Å². The van der Waals surface area contributed by atoms with Crippen molar-refractivity contribution >= 4 is 22.9 Å². The van der Waals surface area contributed by atoms with Crippen molar-refractivity contribution in [2.45, 2.75) is 13.5 Å². The van der Waals surface area contributed by atoms with E-state index in [1.807, 2.05) is 12.3 Å². The fraction of sp³-hybridized carbons (Fsp3) is 0.231. The van der Waals surface area contributed by atoms with Crippen molar-refractivity contribution in [1.82, 2.24) is 10.3 Å². The zero-order valence-electron chi connectivity index (χ0n) is 10.8. The number of amides is 1. The molecule has 0 aliphatic heterocycles. The van der Waals surface area contributed by atoms with Crippen molar-refractivity contribution in [3.8, 4) is 5.75 Å². The number of rotatable bonds is 4. The molecular weight excluding hydrogens is 262 g/mol. The highest BCUT2D eigenvalue weighted by Gasteiger charge is 2.15. The maximum atomic E-state index is 12.1. The van der Waals surface area contributed by atoms with Crippen LogP contribution in [-0.2, 0) is 6.54 Å². The number of aromatic nitrogens is 1. The Morgan fingerprint density at radius 2 is 2.32 bits per heavy atom. The van der Waals surface area contributed by atoms with Gasteiger partial charge in [-0.2, -0.15) is 0 Å². The van der Waals surface area contributed by atoms with Crippen LogP contribution in [0.5, 0.6) is 5.75 Å². The fourth-order valence-electron chi connectivity index (χ4n) is 1.69. The van der Waals surface area contributed by atoms with Crippen molar-refractivity contribution in [2.75, 3.05) is 12.8 Å². The molecule has 19 heavy (non-hydrogen) atoms. The minimum absolute atomic E-state index is 0.261. The minimum Gasteiger partial charge on any atom is -0.496 e. The highest BCUT2D eigenvalue weighted by atomic mass is 32.1. The number of hydrogen-bond acceptors (Lipinski definition) is 5. The SMILES string of the molecule is COc1cccc(N)c1C(=O)NCc1nc(C)cs1. The highest BCUT2D eigenvalue weighted by molar-refractivity contribution is 7.09. The summed E-state index contributed by atoms with van der Waals surface area (Å²) in [5.41, 5.74) is 7.52. The minimum atomic E-state index is -0.261. The number of aryl methyl sites for hydroxylation is 1. The lowest BCUT2D eigenvalue weighted by Crippen LogP contribution is -2.24. The average Bonchev–Trinajstić information content (AvgIpc) is 2.81. The molecular formula is C13H15N3O2S. The number of anilines is 1. The van der Waals surface area contributed by atoms with Gasteiger partial charge >= 0.3 is 0 Å². The molecule has 2 aromatic rings. The number of methoxy groups -OCH3 is 1. The van der Waals surface area contributed by atoms with Crippen molar-refractivity contribution in [1.29, 1.82) is 0 Å². The van der Waals surface area contributed by atoms with Crippen molar-refractivity contribution in [2.24, 2.45) is 0 Å². The highest BCUT2D eigenvalue weighted by Crippen LogP contribution is 2.24. The molecule has 3 N–H and O–H groups in total. The largest absolute Gasteiger partial charge is 0.496 e. The van der Waals surface area contributed by atoms with Gasteiger partial charge < -0.3 is 15.8 Å². The van der Waals surface area contributed by atoms with E-state index < -0.39 is 0 Å². The van der Waals surface area contributed by atoms with E-state index >= 15 is 0 Å². The number of nitrogens with zero attached hydrogens (tertiary/aromatic N) is 1. The number of thiazole rings is 1. The molecule has 0 atom stereocenters. The molecule has 1 aromatic heterocycles. The summed E-state index contributed by atoms with van der Waals surface area (Å²) in [6.45, 7) is 2.30. The van der Waals surface area contributed by atoms with E-state index in [-0.39, 0.29) is 5.91 Å². The lowest BCUT2D eigenvalue weighted by Gasteiger charge is -2.10. The van der Waals surface area contributed by atoms with Crippen LogP contribution in [-0.4, -0.2) is 18.0 Å². The molecule has 0 unspecified atom stereocenters. The predicted octanol–water partition coefficient (Wildman–Crippen LogP) is 1.97. The van der Waals surface area contributed by atoms with Crippen LogP contribution in [0.15, 0.2) is 23.6 Å². The van der Waals surface area contributed by atoms with E-state index in [9.17, 15) is 4.79 Å². The second-order valence-corrected chi connectivity index (χ2v) is 4.93. The fourth-order valence-corrected chi connectivity index (χ4v) is 2.40. The number of carbonyl (C=O) groups is 1. The molecule has 1 heterocycles. The summed E-state index contributed by atoms with van der Waals surface area (Å²) in [5, 5.41) is 5.60.